The first-order chi connectivity index (χ1) is 8.66. The minimum absolute atomic E-state index is 0.00646. The Balaban J connectivity index is 2.20. The van der Waals surface area contributed by atoms with Crippen LogP contribution < -0.4 is 0 Å². The van der Waals surface area contributed by atoms with Crippen LogP contribution in [0, 0.1) is 6.92 Å². The number of ketones is 1. The smallest absolute Gasteiger partial charge is 0.186 e. The van der Waals surface area contributed by atoms with Crippen LogP contribution in [0.3, 0.4) is 0 Å². The van der Waals surface area contributed by atoms with E-state index in [1.165, 1.54) is 0 Å². The van der Waals surface area contributed by atoms with Crippen molar-refractivity contribution in [3.05, 3.63) is 76.3 Å². The topological polar surface area (TPSA) is 17.1 Å². The Bertz CT molecular complexity index is 585. The van der Waals surface area contributed by atoms with Gasteiger partial charge in [0.25, 0.3) is 0 Å². The van der Waals surface area contributed by atoms with Crippen molar-refractivity contribution in [2.24, 2.45) is 0 Å². The molecule has 0 heterocycles. The predicted octanol–water partition coefficient (Wildman–Crippen LogP) is 4.54. The van der Waals surface area contributed by atoms with Gasteiger partial charge in [0.05, 0.1) is 0 Å². The molecule has 0 N–H and O–H groups in total. The summed E-state index contributed by atoms with van der Waals surface area (Å²) < 4.78 is 0. The quantitative estimate of drug-likeness (QED) is 0.582. The van der Waals surface area contributed by atoms with Crippen molar-refractivity contribution in [1.82, 2.24) is 0 Å². The van der Waals surface area contributed by atoms with E-state index in [1.807, 2.05) is 43.3 Å². The molecular weight excluding hydrogens is 244 g/mol. The summed E-state index contributed by atoms with van der Waals surface area (Å²) in [7, 11) is 0. The molecule has 90 valence electrons. The van der Waals surface area contributed by atoms with Crippen LogP contribution in [0.2, 0.25) is 5.02 Å². The summed E-state index contributed by atoms with van der Waals surface area (Å²) in [4.78, 5) is 12.0. The van der Waals surface area contributed by atoms with Crippen molar-refractivity contribution in [3.63, 3.8) is 0 Å². The standard InChI is InChI=1S/C16H13ClO/c1-12-11-14(17)8-9-15(12)16(18)10-7-13-5-3-2-4-6-13/h2-11H,1H3. The maximum Gasteiger partial charge on any atom is 0.186 e. The van der Waals surface area contributed by atoms with Gasteiger partial charge in [0.2, 0.25) is 0 Å². The molecule has 0 saturated carbocycles. The lowest BCUT2D eigenvalue weighted by Gasteiger charge is -2.01. The second kappa shape index (κ2) is 5.65. The zero-order valence-electron chi connectivity index (χ0n) is 10.1. The van der Waals surface area contributed by atoms with E-state index in [2.05, 4.69) is 0 Å². The second-order valence-electron chi connectivity index (χ2n) is 4.07. The fraction of sp³-hybridized carbons (Fsp3) is 0.0625. The van der Waals surface area contributed by atoms with Gasteiger partial charge in [-0.1, -0.05) is 48.0 Å². The molecule has 2 aromatic carbocycles. The molecule has 0 aliphatic carbocycles. The molecule has 0 spiro atoms. The normalized spacial score (nSPS) is 10.8. The largest absolute Gasteiger partial charge is 0.289 e. The van der Waals surface area contributed by atoms with E-state index in [0.29, 0.717) is 10.6 Å². The highest BCUT2D eigenvalue weighted by atomic mass is 35.5. The minimum Gasteiger partial charge on any atom is -0.289 e. The maximum absolute atomic E-state index is 12.0. The van der Waals surface area contributed by atoms with Gasteiger partial charge in [0.1, 0.15) is 0 Å². The number of rotatable bonds is 3. The van der Waals surface area contributed by atoms with Crippen molar-refractivity contribution in [2.45, 2.75) is 6.92 Å². The molecule has 0 unspecified atom stereocenters. The highest BCUT2D eigenvalue weighted by Crippen LogP contribution is 2.16. The summed E-state index contributed by atoms with van der Waals surface area (Å²) in [5, 5.41) is 0.649. The van der Waals surface area contributed by atoms with E-state index in [4.69, 9.17) is 11.6 Å². The predicted molar refractivity (Wildman–Crippen MR) is 76.0 cm³/mol. The molecule has 0 bridgehead atoms. The zero-order chi connectivity index (χ0) is 13.0. The number of allylic oxidation sites excluding steroid dienone is 1. The molecule has 2 heteroatoms. The number of hydrogen-bond acceptors (Lipinski definition) is 1. The van der Waals surface area contributed by atoms with Crippen molar-refractivity contribution in [2.75, 3.05) is 0 Å². The Labute approximate surface area is 112 Å². The second-order valence-corrected chi connectivity index (χ2v) is 4.50. The summed E-state index contributed by atoms with van der Waals surface area (Å²) in [6, 6.07) is 15.0. The number of hydrogen-bond donors (Lipinski definition) is 0. The molecule has 0 radical (unpaired) electrons. The Morgan fingerprint density at radius 2 is 1.83 bits per heavy atom. The van der Waals surface area contributed by atoms with Gasteiger partial charge in [0.15, 0.2) is 5.78 Å². The van der Waals surface area contributed by atoms with E-state index < -0.39 is 0 Å². The van der Waals surface area contributed by atoms with E-state index >= 15 is 0 Å². The highest BCUT2D eigenvalue weighted by Gasteiger charge is 2.05. The Hall–Kier alpha value is -1.86. The van der Waals surface area contributed by atoms with E-state index in [0.717, 1.165) is 11.1 Å². The Kier molecular flexibility index (Phi) is 3.96. The number of halogens is 1. The molecular formula is C16H13ClO. The van der Waals surface area contributed by atoms with Crippen LogP contribution in [0.15, 0.2) is 54.6 Å². The van der Waals surface area contributed by atoms with Gasteiger partial charge in [-0.3, -0.25) is 4.79 Å². The van der Waals surface area contributed by atoms with Gasteiger partial charge in [-0.05, 0) is 42.3 Å². The van der Waals surface area contributed by atoms with Gasteiger partial charge in [0, 0.05) is 10.6 Å². The molecule has 1 nitrogen and oxygen atoms in total. The SMILES string of the molecule is Cc1cc(Cl)ccc1C(=O)C=Cc1ccccc1. The summed E-state index contributed by atoms with van der Waals surface area (Å²) in [6.07, 6.45) is 3.40. The molecule has 18 heavy (non-hydrogen) atoms. The van der Waals surface area contributed by atoms with Gasteiger partial charge in [-0.2, -0.15) is 0 Å². The maximum atomic E-state index is 12.0. The third-order valence-corrected chi connectivity index (χ3v) is 2.92. The molecule has 0 atom stereocenters. The number of aryl methyl sites for hydroxylation is 1. The first-order valence-corrected chi connectivity index (χ1v) is 6.08. The fourth-order valence-corrected chi connectivity index (χ4v) is 1.96. The van der Waals surface area contributed by atoms with Crippen LogP contribution >= 0.6 is 11.6 Å². The van der Waals surface area contributed by atoms with Gasteiger partial charge >= 0.3 is 0 Å². The van der Waals surface area contributed by atoms with Gasteiger partial charge in [-0.25, -0.2) is 0 Å². The van der Waals surface area contributed by atoms with E-state index in [-0.39, 0.29) is 5.78 Å². The molecule has 0 amide bonds. The van der Waals surface area contributed by atoms with Crippen LogP contribution in [0.5, 0.6) is 0 Å². The van der Waals surface area contributed by atoms with Crippen molar-refractivity contribution < 1.29 is 4.79 Å². The number of benzene rings is 2. The van der Waals surface area contributed by atoms with Crippen molar-refractivity contribution >= 4 is 23.5 Å². The molecule has 0 fully saturated rings. The molecule has 2 rings (SSSR count). The summed E-state index contributed by atoms with van der Waals surface area (Å²) in [5.74, 6) is -0.00646. The molecule has 0 aliphatic heterocycles. The van der Waals surface area contributed by atoms with Crippen LogP contribution in [-0.4, -0.2) is 5.78 Å². The third-order valence-electron chi connectivity index (χ3n) is 2.68. The third kappa shape index (κ3) is 3.08. The monoisotopic (exact) mass is 256 g/mol. The van der Waals surface area contributed by atoms with Crippen molar-refractivity contribution in [3.8, 4) is 0 Å². The number of carbonyl (C=O) groups excluding carboxylic acids is 1. The van der Waals surface area contributed by atoms with Crippen LogP contribution in [0.25, 0.3) is 6.08 Å². The van der Waals surface area contributed by atoms with Gasteiger partial charge in [-0.15, -0.1) is 0 Å². The average molecular weight is 257 g/mol. The summed E-state index contributed by atoms with van der Waals surface area (Å²) in [6.45, 7) is 1.88. The lowest BCUT2D eigenvalue weighted by molar-refractivity contribution is 0.104. The van der Waals surface area contributed by atoms with Gasteiger partial charge < -0.3 is 0 Å². The van der Waals surface area contributed by atoms with Crippen LogP contribution in [0.1, 0.15) is 21.5 Å². The fourth-order valence-electron chi connectivity index (χ4n) is 1.73. The highest BCUT2D eigenvalue weighted by molar-refractivity contribution is 6.30. The average Bonchev–Trinajstić information content (AvgIpc) is 2.37. The van der Waals surface area contributed by atoms with E-state index in [9.17, 15) is 4.79 Å². The molecule has 0 aliphatic rings. The lowest BCUT2D eigenvalue weighted by Crippen LogP contribution is -1.97. The zero-order valence-corrected chi connectivity index (χ0v) is 10.8. The first-order valence-electron chi connectivity index (χ1n) is 5.70. The lowest BCUT2D eigenvalue weighted by atomic mass is 10.0. The van der Waals surface area contributed by atoms with Crippen molar-refractivity contribution in [1.29, 1.82) is 0 Å². The van der Waals surface area contributed by atoms with Crippen LogP contribution in [-0.2, 0) is 0 Å². The van der Waals surface area contributed by atoms with E-state index in [1.54, 1.807) is 24.3 Å². The summed E-state index contributed by atoms with van der Waals surface area (Å²) >= 11 is 5.87. The Morgan fingerprint density at radius 1 is 1.11 bits per heavy atom. The molecule has 0 aromatic heterocycles. The molecule has 2 aromatic rings. The summed E-state index contributed by atoms with van der Waals surface area (Å²) in [5.41, 5.74) is 2.59. The number of carbonyl (C=O) groups is 1. The Morgan fingerprint density at radius 3 is 2.50 bits per heavy atom. The van der Waals surface area contributed by atoms with Crippen LogP contribution in [0.4, 0.5) is 0 Å². The first kappa shape index (κ1) is 12.6. The minimum atomic E-state index is -0.00646. The molecule has 0 saturated heterocycles.